The van der Waals surface area contributed by atoms with E-state index in [2.05, 4.69) is 0 Å². The lowest BCUT2D eigenvalue weighted by Crippen LogP contribution is -2.51. The zero-order valence-corrected chi connectivity index (χ0v) is 20.8. The number of halogens is 1. The van der Waals surface area contributed by atoms with Crippen LogP contribution in [0.15, 0.2) is 18.2 Å². The Morgan fingerprint density at radius 3 is 2.41 bits per heavy atom. The lowest BCUT2D eigenvalue weighted by Gasteiger charge is -2.54. The van der Waals surface area contributed by atoms with Crippen molar-refractivity contribution in [3.63, 3.8) is 0 Å². The van der Waals surface area contributed by atoms with Crippen molar-refractivity contribution in [2.24, 2.45) is 11.3 Å². The topological polar surface area (TPSA) is 59.1 Å². The van der Waals surface area contributed by atoms with Crippen molar-refractivity contribution in [2.75, 3.05) is 33.8 Å². The number of amides is 2. The standard InChI is InChI=1S/C25H37ClN2O4/c1-24(2,3)32-23(30)28-14-12-25(13-15-28)11-10-18(25)7-6-16-31-19-8-9-20(21(26)17-19)22(29)27(4)5/h8-9,17-18H,6-7,10-16H2,1-5H3. The van der Waals surface area contributed by atoms with Crippen LogP contribution in [0.5, 0.6) is 5.75 Å². The number of likely N-dealkylation sites (tertiary alicyclic amines) is 1. The van der Waals surface area contributed by atoms with Gasteiger partial charge in [-0.05, 0) is 88.8 Å². The number of carbonyl (C=O) groups is 2. The van der Waals surface area contributed by atoms with Gasteiger partial charge in [-0.1, -0.05) is 11.6 Å². The van der Waals surface area contributed by atoms with Crippen molar-refractivity contribution in [3.05, 3.63) is 28.8 Å². The average molecular weight is 465 g/mol. The molecule has 6 nitrogen and oxygen atoms in total. The molecule has 0 aromatic heterocycles. The summed E-state index contributed by atoms with van der Waals surface area (Å²) in [5.74, 6) is 1.28. The van der Waals surface area contributed by atoms with Crippen LogP contribution in [0.2, 0.25) is 5.02 Å². The molecule has 178 valence electrons. The normalized spacial score (nSPS) is 19.9. The Hall–Kier alpha value is -1.95. The molecule has 1 atom stereocenters. The Labute approximate surface area is 197 Å². The van der Waals surface area contributed by atoms with Crippen LogP contribution >= 0.6 is 11.6 Å². The molecule has 3 rings (SSSR count). The molecule has 2 fully saturated rings. The second kappa shape index (κ2) is 9.90. The number of benzene rings is 1. The van der Waals surface area contributed by atoms with Crippen LogP contribution in [0.1, 0.15) is 69.7 Å². The number of piperidine rings is 1. The van der Waals surface area contributed by atoms with E-state index in [0.717, 1.165) is 38.8 Å². The van der Waals surface area contributed by atoms with E-state index < -0.39 is 5.60 Å². The Kier molecular flexibility index (Phi) is 7.64. The number of nitrogens with zero attached hydrogens (tertiary/aromatic N) is 2. The van der Waals surface area contributed by atoms with Gasteiger partial charge in [-0.2, -0.15) is 0 Å². The predicted molar refractivity (Wildman–Crippen MR) is 126 cm³/mol. The fourth-order valence-electron chi connectivity index (χ4n) is 4.85. The molecule has 1 aliphatic heterocycles. The fourth-order valence-corrected chi connectivity index (χ4v) is 5.10. The van der Waals surface area contributed by atoms with E-state index in [9.17, 15) is 9.59 Å². The molecule has 1 heterocycles. The van der Waals surface area contributed by atoms with Crippen LogP contribution < -0.4 is 4.74 Å². The number of hydrogen-bond acceptors (Lipinski definition) is 4. The summed E-state index contributed by atoms with van der Waals surface area (Å²) in [5, 5.41) is 0.413. The summed E-state index contributed by atoms with van der Waals surface area (Å²) in [7, 11) is 3.41. The maximum absolute atomic E-state index is 12.3. The highest BCUT2D eigenvalue weighted by Crippen LogP contribution is 2.55. The number of ether oxygens (including phenoxy) is 2. The molecule has 0 bridgehead atoms. The molecular weight excluding hydrogens is 428 g/mol. The minimum absolute atomic E-state index is 0.116. The summed E-state index contributed by atoms with van der Waals surface area (Å²) in [5.41, 5.74) is 0.423. The first-order valence-electron chi connectivity index (χ1n) is 11.6. The summed E-state index contributed by atoms with van der Waals surface area (Å²) in [6.07, 6.45) is 6.59. The van der Waals surface area contributed by atoms with E-state index in [1.54, 1.807) is 32.3 Å². The first-order valence-corrected chi connectivity index (χ1v) is 12.0. The molecule has 2 aliphatic rings. The van der Waals surface area contributed by atoms with Crippen molar-refractivity contribution in [1.82, 2.24) is 9.80 Å². The zero-order chi connectivity index (χ0) is 23.5. The molecule has 7 heteroatoms. The van der Waals surface area contributed by atoms with Crippen molar-refractivity contribution in [2.45, 2.75) is 64.9 Å². The number of hydrogen-bond donors (Lipinski definition) is 0. The van der Waals surface area contributed by atoms with E-state index in [4.69, 9.17) is 21.1 Å². The van der Waals surface area contributed by atoms with Gasteiger partial charge in [0.05, 0.1) is 17.2 Å². The molecular formula is C25H37ClN2O4. The molecule has 2 amide bonds. The smallest absolute Gasteiger partial charge is 0.410 e. The van der Waals surface area contributed by atoms with Gasteiger partial charge in [0.15, 0.2) is 0 Å². The monoisotopic (exact) mass is 464 g/mol. The highest BCUT2D eigenvalue weighted by atomic mass is 35.5. The molecule has 1 saturated heterocycles. The van der Waals surface area contributed by atoms with Crippen molar-refractivity contribution in [3.8, 4) is 5.75 Å². The van der Waals surface area contributed by atoms with Gasteiger partial charge in [0.2, 0.25) is 0 Å². The number of rotatable bonds is 6. The van der Waals surface area contributed by atoms with Crippen LogP contribution in [0.3, 0.4) is 0 Å². The minimum Gasteiger partial charge on any atom is -0.494 e. The molecule has 0 N–H and O–H groups in total. The molecule has 1 unspecified atom stereocenters. The first-order chi connectivity index (χ1) is 15.0. The third-order valence-electron chi connectivity index (χ3n) is 6.81. The SMILES string of the molecule is CN(C)C(=O)c1ccc(OCCCC2CCC23CCN(C(=O)OC(C)(C)C)CC3)cc1Cl. The number of carbonyl (C=O) groups excluding carboxylic acids is 2. The maximum Gasteiger partial charge on any atom is 0.410 e. The van der Waals surface area contributed by atoms with Gasteiger partial charge in [-0.15, -0.1) is 0 Å². The Balaban J connectivity index is 1.41. The third kappa shape index (κ3) is 5.89. The highest BCUT2D eigenvalue weighted by Gasteiger charge is 2.48. The highest BCUT2D eigenvalue weighted by molar-refractivity contribution is 6.34. The molecule has 1 spiro atoms. The van der Waals surface area contributed by atoms with E-state index in [1.807, 2.05) is 25.7 Å². The lowest BCUT2D eigenvalue weighted by atomic mass is 9.54. The summed E-state index contributed by atoms with van der Waals surface area (Å²) in [6.45, 7) is 7.94. The van der Waals surface area contributed by atoms with Gasteiger partial charge in [-0.3, -0.25) is 4.79 Å². The average Bonchev–Trinajstić information content (AvgIpc) is 2.71. The van der Waals surface area contributed by atoms with Gasteiger partial charge in [0.25, 0.3) is 5.91 Å². The largest absolute Gasteiger partial charge is 0.494 e. The maximum atomic E-state index is 12.3. The summed E-state index contributed by atoms with van der Waals surface area (Å²) in [4.78, 5) is 27.8. The predicted octanol–water partition coefficient (Wildman–Crippen LogP) is 5.63. The molecule has 1 aromatic carbocycles. The summed E-state index contributed by atoms with van der Waals surface area (Å²) in [6, 6.07) is 5.24. The first kappa shape index (κ1) is 24.7. The van der Waals surface area contributed by atoms with Crippen molar-refractivity contribution >= 4 is 23.6 Å². The zero-order valence-electron chi connectivity index (χ0n) is 20.1. The van der Waals surface area contributed by atoms with Crippen molar-refractivity contribution < 1.29 is 19.1 Å². The van der Waals surface area contributed by atoms with E-state index in [0.29, 0.717) is 34.3 Å². The molecule has 1 aromatic rings. The van der Waals surface area contributed by atoms with E-state index in [-0.39, 0.29) is 12.0 Å². The van der Waals surface area contributed by atoms with E-state index in [1.165, 1.54) is 17.7 Å². The second-order valence-electron chi connectivity index (χ2n) is 10.4. The Morgan fingerprint density at radius 1 is 1.19 bits per heavy atom. The second-order valence-corrected chi connectivity index (χ2v) is 10.8. The van der Waals surface area contributed by atoms with E-state index >= 15 is 0 Å². The molecule has 32 heavy (non-hydrogen) atoms. The summed E-state index contributed by atoms with van der Waals surface area (Å²) >= 11 is 6.27. The Bertz CT molecular complexity index is 826. The minimum atomic E-state index is -0.447. The van der Waals surface area contributed by atoms with Crippen molar-refractivity contribution in [1.29, 1.82) is 0 Å². The van der Waals surface area contributed by atoms with Gasteiger partial charge < -0.3 is 19.3 Å². The third-order valence-corrected chi connectivity index (χ3v) is 7.12. The van der Waals surface area contributed by atoms with Gasteiger partial charge in [-0.25, -0.2) is 4.79 Å². The van der Waals surface area contributed by atoms with Gasteiger partial charge in [0, 0.05) is 27.2 Å². The van der Waals surface area contributed by atoms with Gasteiger partial charge >= 0.3 is 6.09 Å². The fraction of sp³-hybridized carbons (Fsp3) is 0.680. The quantitative estimate of drug-likeness (QED) is 0.512. The molecule has 1 aliphatic carbocycles. The molecule has 0 radical (unpaired) electrons. The van der Waals surface area contributed by atoms with Crippen LogP contribution in [0.25, 0.3) is 0 Å². The van der Waals surface area contributed by atoms with Crippen LogP contribution in [-0.2, 0) is 4.74 Å². The summed E-state index contributed by atoms with van der Waals surface area (Å²) < 4.78 is 11.4. The van der Waals surface area contributed by atoms with Crippen LogP contribution in [0.4, 0.5) is 4.79 Å². The van der Waals surface area contributed by atoms with Gasteiger partial charge in [0.1, 0.15) is 11.4 Å². The van der Waals surface area contributed by atoms with Crippen LogP contribution in [-0.4, -0.2) is 61.2 Å². The lowest BCUT2D eigenvalue weighted by molar-refractivity contribution is -0.0467. The van der Waals surface area contributed by atoms with Crippen LogP contribution in [0, 0.1) is 11.3 Å². The molecule has 1 saturated carbocycles. The Morgan fingerprint density at radius 2 is 1.88 bits per heavy atom.